The van der Waals surface area contributed by atoms with Gasteiger partial charge in [-0.2, -0.15) is 4.99 Å². The number of nitrogens with two attached hydrogens (primary N) is 1. The zero-order chi connectivity index (χ0) is 17.3. The second kappa shape index (κ2) is 6.02. The van der Waals surface area contributed by atoms with Gasteiger partial charge >= 0.3 is 5.91 Å². The van der Waals surface area contributed by atoms with Crippen molar-refractivity contribution in [1.82, 2.24) is 0 Å². The SMILES string of the molecule is CCCOc1ccc(S(N)(=O)=O)cc1C1=NC(=O)C2=NN=NC2=N1. The molecule has 10 nitrogen and oxygen atoms in total. The number of hydrogen-bond donors (Lipinski definition) is 1. The molecule has 2 aliphatic heterocycles. The lowest BCUT2D eigenvalue weighted by molar-refractivity contribution is -0.111. The quantitative estimate of drug-likeness (QED) is 0.830. The summed E-state index contributed by atoms with van der Waals surface area (Å²) in [5.41, 5.74) is 0.161. The van der Waals surface area contributed by atoms with Crippen LogP contribution in [0.15, 0.2) is 48.5 Å². The first-order valence-corrected chi connectivity index (χ1v) is 8.45. The molecular weight excluding hydrogens is 336 g/mol. The van der Waals surface area contributed by atoms with Crippen molar-refractivity contribution in [2.24, 2.45) is 30.6 Å². The number of primary sulfonamides is 1. The van der Waals surface area contributed by atoms with Crippen LogP contribution in [0.5, 0.6) is 5.75 Å². The monoisotopic (exact) mass is 348 g/mol. The molecule has 24 heavy (non-hydrogen) atoms. The van der Waals surface area contributed by atoms with E-state index in [-0.39, 0.29) is 27.8 Å². The van der Waals surface area contributed by atoms with Crippen molar-refractivity contribution in [2.75, 3.05) is 6.61 Å². The van der Waals surface area contributed by atoms with E-state index in [0.717, 1.165) is 6.42 Å². The van der Waals surface area contributed by atoms with Gasteiger partial charge in [0.25, 0.3) is 0 Å². The highest BCUT2D eigenvalue weighted by Crippen LogP contribution is 2.25. The molecule has 0 fully saturated rings. The van der Waals surface area contributed by atoms with Crippen LogP contribution in [-0.4, -0.2) is 38.3 Å². The van der Waals surface area contributed by atoms with E-state index in [1.54, 1.807) is 0 Å². The lowest BCUT2D eigenvalue weighted by Gasteiger charge is -2.13. The Morgan fingerprint density at radius 3 is 2.71 bits per heavy atom. The van der Waals surface area contributed by atoms with Crippen LogP contribution >= 0.6 is 0 Å². The van der Waals surface area contributed by atoms with Crippen molar-refractivity contribution in [3.8, 4) is 5.75 Å². The van der Waals surface area contributed by atoms with Crippen molar-refractivity contribution in [3.63, 3.8) is 0 Å². The van der Waals surface area contributed by atoms with Crippen LogP contribution in [0.3, 0.4) is 0 Å². The summed E-state index contributed by atoms with van der Waals surface area (Å²) in [6.07, 6.45) is 0.737. The van der Waals surface area contributed by atoms with Crippen molar-refractivity contribution >= 4 is 33.3 Å². The molecule has 124 valence electrons. The van der Waals surface area contributed by atoms with Crippen LogP contribution < -0.4 is 9.88 Å². The van der Waals surface area contributed by atoms with E-state index in [4.69, 9.17) is 9.88 Å². The molecule has 0 spiro atoms. The zero-order valence-corrected chi connectivity index (χ0v) is 13.3. The maximum Gasteiger partial charge on any atom is 0.303 e. The van der Waals surface area contributed by atoms with Gasteiger partial charge in [-0.15, -0.1) is 10.2 Å². The number of benzene rings is 1. The summed E-state index contributed by atoms with van der Waals surface area (Å²) in [6, 6.07) is 4.01. The second-order valence-electron chi connectivity index (χ2n) is 4.87. The molecule has 0 atom stereocenters. The Morgan fingerprint density at radius 1 is 1.21 bits per heavy atom. The zero-order valence-electron chi connectivity index (χ0n) is 12.5. The van der Waals surface area contributed by atoms with E-state index in [1.807, 2.05) is 6.92 Å². The minimum Gasteiger partial charge on any atom is -0.493 e. The Hall–Kier alpha value is -2.79. The van der Waals surface area contributed by atoms with E-state index in [0.29, 0.717) is 12.4 Å². The van der Waals surface area contributed by atoms with Crippen LogP contribution in [-0.2, 0) is 14.8 Å². The van der Waals surface area contributed by atoms with E-state index >= 15 is 0 Å². The summed E-state index contributed by atoms with van der Waals surface area (Å²) in [7, 11) is -3.94. The molecule has 1 aromatic rings. The third-order valence-electron chi connectivity index (χ3n) is 3.10. The fraction of sp³-hybridized carbons (Fsp3) is 0.231. The van der Waals surface area contributed by atoms with Crippen LogP contribution in [0.4, 0.5) is 0 Å². The molecule has 0 aromatic heterocycles. The minimum atomic E-state index is -3.94. The van der Waals surface area contributed by atoms with Gasteiger partial charge in [-0.1, -0.05) is 6.92 Å². The maximum atomic E-state index is 12.0. The van der Waals surface area contributed by atoms with Crippen molar-refractivity contribution in [3.05, 3.63) is 23.8 Å². The molecule has 0 saturated carbocycles. The Balaban J connectivity index is 2.12. The minimum absolute atomic E-state index is 0.0208. The number of carbonyl (C=O) groups is 1. The van der Waals surface area contributed by atoms with Crippen molar-refractivity contribution in [2.45, 2.75) is 18.2 Å². The van der Waals surface area contributed by atoms with Gasteiger partial charge in [0.1, 0.15) is 5.75 Å². The summed E-state index contributed by atoms with van der Waals surface area (Å²) in [4.78, 5) is 19.7. The fourth-order valence-electron chi connectivity index (χ4n) is 2.01. The predicted molar refractivity (Wildman–Crippen MR) is 84.9 cm³/mol. The van der Waals surface area contributed by atoms with Crippen LogP contribution in [0, 0.1) is 0 Å². The molecule has 1 aromatic carbocycles. The number of fused-ring (bicyclic) bond motifs is 1. The number of sulfonamides is 1. The molecule has 0 unspecified atom stereocenters. The normalized spacial score (nSPS) is 16.4. The average Bonchev–Trinajstić information content (AvgIpc) is 3.01. The Kier molecular flexibility index (Phi) is 4.03. The number of ether oxygens (including phenoxy) is 1. The number of aliphatic imine (C=N–C) groups is 2. The van der Waals surface area contributed by atoms with Gasteiger partial charge in [-0.05, 0) is 29.8 Å². The Morgan fingerprint density at radius 2 is 2.00 bits per heavy atom. The highest BCUT2D eigenvalue weighted by atomic mass is 32.2. The van der Waals surface area contributed by atoms with E-state index < -0.39 is 15.9 Å². The van der Waals surface area contributed by atoms with E-state index in [2.05, 4.69) is 25.4 Å². The molecule has 0 aliphatic carbocycles. The molecule has 11 heteroatoms. The second-order valence-corrected chi connectivity index (χ2v) is 6.43. The van der Waals surface area contributed by atoms with Gasteiger partial charge in [-0.25, -0.2) is 18.5 Å². The lowest BCUT2D eigenvalue weighted by atomic mass is 10.1. The van der Waals surface area contributed by atoms with Gasteiger partial charge in [0.15, 0.2) is 5.84 Å². The highest BCUT2D eigenvalue weighted by Gasteiger charge is 2.29. The lowest BCUT2D eigenvalue weighted by Crippen LogP contribution is -2.26. The Bertz CT molecular complexity index is 945. The van der Waals surface area contributed by atoms with Gasteiger partial charge in [0, 0.05) is 0 Å². The van der Waals surface area contributed by atoms with Gasteiger partial charge in [0.2, 0.25) is 21.6 Å². The van der Waals surface area contributed by atoms with Gasteiger partial charge < -0.3 is 4.74 Å². The number of nitrogens with zero attached hydrogens (tertiary/aromatic N) is 5. The molecule has 0 bridgehead atoms. The van der Waals surface area contributed by atoms with Gasteiger partial charge in [0.05, 0.1) is 17.1 Å². The number of carbonyl (C=O) groups excluding carboxylic acids is 1. The van der Waals surface area contributed by atoms with E-state index in [9.17, 15) is 13.2 Å². The smallest absolute Gasteiger partial charge is 0.303 e. The largest absolute Gasteiger partial charge is 0.493 e. The first-order valence-electron chi connectivity index (χ1n) is 6.91. The molecule has 0 radical (unpaired) electrons. The first-order chi connectivity index (χ1) is 11.4. The molecule has 2 aliphatic rings. The third-order valence-corrected chi connectivity index (χ3v) is 4.01. The summed E-state index contributed by atoms with van der Waals surface area (Å²) in [5, 5.41) is 15.7. The molecule has 0 saturated heterocycles. The summed E-state index contributed by atoms with van der Waals surface area (Å²) in [6.45, 7) is 2.31. The summed E-state index contributed by atoms with van der Waals surface area (Å²) >= 11 is 0. The number of amides is 1. The molecule has 3 rings (SSSR count). The third kappa shape index (κ3) is 2.98. The first kappa shape index (κ1) is 16.1. The van der Waals surface area contributed by atoms with Gasteiger partial charge in [-0.3, -0.25) is 4.79 Å². The number of amidine groups is 2. The highest BCUT2D eigenvalue weighted by molar-refractivity contribution is 7.89. The summed E-state index contributed by atoms with van der Waals surface area (Å²) < 4.78 is 28.7. The van der Waals surface area contributed by atoms with Crippen molar-refractivity contribution in [1.29, 1.82) is 0 Å². The van der Waals surface area contributed by atoms with Crippen LogP contribution in [0.2, 0.25) is 0 Å². The van der Waals surface area contributed by atoms with Crippen LogP contribution in [0.1, 0.15) is 18.9 Å². The standard InChI is InChI=1S/C13H12N6O4S/c1-2-5-23-9-4-3-7(24(14,21)22)6-8(9)11-15-12-10(13(20)16-11)17-19-18-12/h3-4,6H,2,5H2,1H3,(H2,14,21,22). The van der Waals surface area contributed by atoms with E-state index in [1.165, 1.54) is 18.2 Å². The fourth-order valence-corrected chi connectivity index (χ4v) is 2.55. The number of hydrogen-bond acceptors (Lipinski definition) is 8. The molecule has 1 amide bonds. The van der Waals surface area contributed by atoms with Crippen molar-refractivity contribution < 1.29 is 17.9 Å². The topological polar surface area (TPSA) is 148 Å². The Labute approximate surface area is 136 Å². The number of rotatable bonds is 5. The maximum absolute atomic E-state index is 12.0. The van der Waals surface area contributed by atoms with Crippen LogP contribution in [0.25, 0.3) is 0 Å². The molecule has 2 N–H and O–H groups in total. The summed E-state index contributed by atoms with van der Waals surface area (Å²) in [5.74, 6) is -0.350. The average molecular weight is 348 g/mol. The molecular formula is C13H12N6O4S. The predicted octanol–water partition coefficient (Wildman–Crippen LogP) is 0.630. The molecule has 2 heterocycles.